The second-order valence-electron chi connectivity index (χ2n) is 5.74. The molecular formula is C14H20O7S2. The second-order valence-corrected chi connectivity index (χ2v) is 9.03. The highest BCUT2D eigenvalue weighted by Gasteiger charge is 2.56. The summed E-state index contributed by atoms with van der Waals surface area (Å²) >= 11 is 0. The predicted octanol–water partition coefficient (Wildman–Crippen LogP) is 0.905. The third-order valence-corrected chi connectivity index (χ3v) is 5.00. The van der Waals surface area contributed by atoms with Crippen LogP contribution >= 0.6 is 0 Å². The molecule has 0 saturated heterocycles. The average Bonchev–Trinajstić information content (AvgIpc) is 3.17. The zero-order valence-electron chi connectivity index (χ0n) is 13.2. The van der Waals surface area contributed by atoms with Crippen molar-refractivity contribution < 1.29 is 29.9 Å². The van der Waals surface area contributed by atoms with Gasteiger partial charge in [-0.2, -0.15) is 16.8 Å². The molecular weight excluding hydrogens is 344 g/mol. The molecule has 0 radical (unpaired) electrons. The molecule has 0 amide bonds. The van der Waals surface area contributed by atoms with E-state index in [4.69, 9.17) is 13.1 Å². The Labute approximate surface area is 136 Å². The lowest BCUT2D eigenvalue weighted by Crippen LogP contribution is -2.23. The molecule has 130 valence electrons. The van der Waals surface area contributed by atoms with Gasteiger partial charge >= 0.3 is 0 Å². The number of methoxy groups -OCH3 is 1. The second kappa shape index (κ2) is 6.39. The lowest BCUT2D eigenvalue weighted by Gasteiger charge is -2.18. The number of rotatable bonds is 8. The number of hydrogen-bond acceptors (Lipinski definition) is 7. The molecule has 1 aliphatic carbocycles. The number of ether oxygens (including phenoxy) is 1. The Balaban J connectivity index is 2.23. The van der Waals surface area contributed by atoms with Crippen molar-refractivity contribution in [3.63, 3.8) is 0 Å². The van der Waals surface area contributed by atoms with E-state index in [0.29, 0.717) is 12.2 Å². The highest BCUT2D eigenvalue weighted by Crippen LogP contribution is 2.55. The zero-order valence-corrected chi connectivity index (χ0v) is 14.8. The maximum atomic E-state index is 11.3. The molecule has 1 aromatic carbocycles. The van der Waals surface area contributed by atoms with Crippen molar-refractivity contribution in [3.05, 3.63) is 29.8 Å². The van der Waals surface area contributed by atoms with Crippen LogP contribution in [0.4, 0.5) is 0 Å². The van der Waals surface area contributed by atoms with Gasteiger partial charge in [0.2, 0.25) is 0 Å². The van der Waals surface area contributed by atoms with Crippen LogP contribution in [0.5, 0.6) is 5.75 Å². The van der Waals surface area contributed by atoms with Gasteiger partial charge in [-0.3, -0.25) is 8.37 Å². The Hall–Kier alpha value is -1.16. The van der Waals surface area contributed by atoms with Gasteiger partial charge in [0.1, 0.15) is 5.75 Å². The lowest BCUT2D eigenvalue weighted by atomic mass is 9.94. The van der Waals surface area contributed by atoms with E-state index in [2.05, 4.69) is 0 Å². The monoisotopic (exact) mass is 364 g/mol. The molecule has 0 bridgehead atoms. The van der Waals surface area contributed by atoms with E-state index < -0.39 is 25.7 Å². The Bertz CT molecular complexity index is 770. The molecule has 1 aliphatic rings. The first-order valence-electron chi connectivity index (χ1n) is 6.89. The van der Waals surface area contributed by atoms with Crippen molar-refractivity contribution in [2.24, 2.45) is 5.92 Å². The van der Waals surface area contributed by atoms with Crippen LogP contribution in [-0.4, -0.2) is 49.7 Å². The summed E-state index contributed by atoms with van der Waals surface area (Å²) in [5, 5.41) is 0. The summed E-state index contributed by atoms with van der Waals surface area (Å²) in [5.74, 6) is 0.488. The summed E-state index contributed by atoms with van der Waals surface area (Å²) in [7, 11) is -5.61. The standard InChI is InChI=1S/C14H20O7S2/c1-19-13-6-4-5-11(7-13)14(10-21-23(3,17)18)8-12(14)9-20-22(2,15)16/h4-7,12H,8-10H2,1-3H3/t12-,14+/m1/s1. The van der Waals surface area contributed by atoms with Gasteiger partial charge in [-0.1, -0.05) is 12.1 Å². The van der Waals surface area contributed by atoms with Gasteiger partial charge in [0, 0.05) is 5.41 Å². The van der Waals surface area contributed by atoms with E-state index in [1.807, 2.05) is 6.07 Å². The fraction of sp³-hybridized carbons (Fsp3) is 0.571. The number of hydrogen-bond donors (Lipinski definition) is 0. The van der Waals surface area contributed by atoms with E-state index >= 15 is 0 Å². The quantitative estimate of drug-likeness (QED) is 0.633. The van der Waals surface area contributed by atoms with Gasteiger partial charge in [0.05, 0.1) is 32.8 Å². The van der Waals surface area contributed by atoms with Crippen molar-refractivity contribution in [2.75, 3.05) is 32.8 Å². The molecule has 23 heavy (non-hydrogen) atoms. The molecule has 1 saturated carbocycles. The highest BCUT2D eigenvalue weighted by atomic mass is 32.2. The van der Waals surface area contributed by atoms with Crippen LogP contribution < -0.4 is 4.74 Å². The van der Waals surface area contributed by atoms with E-state index in [-0.39, 0.29) is 19.1 Å². The molecule has 7 nitrogen and oxygen atoms in total. The average molecular weight is 364 g/mol. The first-order chi connectivity index (χ1) is 10.6. The van der Waals surface area contributed by atoms with Crippen LogP contribution in [0, 0.1) is 5.92 Å². The fourth-order valence-electron chi connectivity index (χ4n) is 2.56. The third-order valence-electron chi connectivity index (χ3n) is 3.89. The number of benzene rings is 1. The minimum Gasteiger partial charge on any atom is -0.497 e. The van der Waals surface area contributed by atoms with Crippen molar-refractivity contribution in [1.29, 1.82) is 0 Å². The smallest absolute Gasteiger partial charge is 0.264 e. The molecule has 0 unspecified atom stereocenters. The van der Waals surface area contributed by atoms with Gasteiger partial charge in [-0.15, -0.1) is 0 Å². The minimum atomic E-state index is -3.60. The molecule has 2 atom stereocenters. The van der Waals surface area contributed by atoms with Crippen LogP contribution in [-0.2, 0) is 34.0 Å². The van der Waals surface area contributed by atoms with Crippen molar-refractivity contribution in [3.8, 4) is 5.75 Å². The zero-order chi connectivity index (χ0) is 17.3. The molecule has 9 heteroatoms. The van der Waals surface area contributed by atoms with E-state index in [9.17, 15) is 16.8 Å². The molecule has 0 spiro atoms. The molecule has 1 fully saturated rings. The first kappa shape index (κ1) is 18.2. The van der Waals surface area contributed by atoms with Gasteiger partial charge in [-0.25, -0.2) is 0 Å². The van der Waals surface area contributed by atoms with Crippen molar-refractivity contribution in [2.45, 2.75) is 11.8 Å². The summed E-state index contributed by atoms with van der Waals surface area (Å²) < 4.78 is 60.0. The Morgan fingerprint density at radius 1 is 1.13 bits per heavy atom. The lowest BCUT2D eigenvalue weighted by molar-refractivity contribution is 0.244. The summed E-state index contributed by atoms with van der Waals surface area (Å²) in [6.07, 6.45) is 2.54. The molecule has 2 rings (SSSR count). The maximum absolute atomic E-state index is 11.3. The third kappa shape index (κ3) is 4.90. The highest BCUT2D eigenvalue weighted by molar-refractivity contribution is 7.86. The van der Waals surface area contributed by atoms with Gasteiger partial charge < -0.3 is 4.74 Å². The van der Waals surface area contributed by atoms with Gasteiger partial charge in [0.15, 0.2) is 0 Å². The summed E-state index contributed by atoms with van der Waals surface area (Å²) in [5.41, 5.74) is 0.241. The van der Waals surface area contributed by atoms with Crippen LogP contribution in [0.3, 0.4) is 0 Å². The molecule has 0 heterocycles. The van der Waals surface area contributed by atoms with Crippen LogP contribution in [0.2, 0.25) is 0 Å². The largest absolute Gasteiger partial charge is 0.497 e. The molecule has 1 aromatic rings. The van der Waals surface area contributed by atoms with E-state index in [1.165, 1.54) is 7.11 Å². The van der Waals surface area contributed by atoms with Crippen LogP contribution in [0.1, 0.15) is 12.0 Å². The van der Waals surface area contributed by atoms with E-state index in [1.54, 1.807) is 18.2 Å². The van der Waals surface area contributed by atoms with Crippen LogP contribution in [0.15, 0.2) is 24.3 Å². The fourth-order valence-corrected chi connectivity index (χ4v) is 3.40. The Morgan fingerprint density at radius 3 is 2.35 bits per heavy atom. The Morgan fingerprint density at radius 2 is 1.78 bits per heavy atom. The van der Waals surface area contributed by atoms with Gasteiger partial charge in [-0.05, 0) is 30.0 Å². The Kier molecular flexibility index (Phi) is 5.05. The summed E-state index contributed by atoms with van der Waals surface area (Å²) in [6, 6.07) is 7.21. The maximum Gasteiger partial charge on any atom is 0.264 e. The SMILES string of the molecule is COc1cccc([C@@]2(COS(C)(=O)=O)C[C@@H]2COS(C)(=O)=O)c1. The summed E-state index contributed by atoms with van der Waals surface area (Å²) in [4.78, 5) is 0. The van der Waals surface area contributed by atoms with Gasteiger partial charge in [0.25, 0.3) is 20.2 Å². The topological polar surface area (TPSA) is 96.0 Å². The van der Waals surface area contributed by atoms with Crippen molar-refractivity contribution >= 4 is 20.2 Å². The molecule has 0 aromatic heterocycles. The predicted molar refractivity (Wildman–Crippen MR) is 84.4 cm³/mol. The van der Waals surface area contributed by atoms with Crippen molar-refractivity contribution in [1.82, 2.24) is 0 Å². The minimum absolute atomic E-state index is 0.0107. The normalized spacial score (nSPS) is 24.4. The molecule has 0 N–H and O–H groups in total. The first-order valence-corrected chi connectivity index (χ1v) is 10.5. The van der Waals surface area contributed by atoms with E-state index in [0.717, 1.165) is 18.1 Å². The summed E-state index contributed by atoms with van der Waals surface area (Å²) in [6.45, 7) is -0.0695. The van der Waals surface area contributed by atoms with Crippen LogP contribution in [0.25, 0.3) is 0 Å². The molecule has 0 aliphatic heterocycles.